The lowest BCUT2D eigenvalue weighted by Gasteiger charge is -2.16. The Morgan fingerprint density at radius 2 is 2.12 bits per heavy atom. The van der Waals surface area contributed by atoms with Gasteiger partial charge in [-0.05, 0) is 24.1 Å². The van der Waals surface area contributed by atoms with Gasteiger partial charge in [0.15, 0.2) is 11.6 Å². The second-order valence-corrected chi connectivity index (χ2v) is 5.64. The largest absolute Gasteiger partial charge is 0.364 e. The van der Waals surface area contributed by atoms with Gasteiger partial charge in [0, 0.05) is 13.1 Å². The van der Waals surface area contributed by atoms with Crippen molar-refractivity contribution in [1.82, 2.24) is 9.97 Å². The van der Waals surface area contributed by atoms with E-state index in [9.17, 15) is 9.65 Å². The van der Waals surface area contributed by atoms with Crippen molar-refractivity contribution in [2.45, 2.75) is 26.3 Å². The van der Waals surface area contributed by atoms with Gasteiger partial charge in [-0.3, -0.25) is 0 Å². The maximum absolute atomic E-state index is 13.0. The fourth-order valence-electron chi connectivity index (χ4n) is 2.59. The fourth-order valence-corrected chi connectivity index (χ4v) is 2.59. The summed E-state index contributed by atoms with van der Waals surface area (Å²) in [6.07, 6.45) is 2.16. The number of aromatic nitrogens is 2. The highest BCUT2D eigenvalue weighted by molar-refractivity contribution is 5.81. The van der Waals surface area contributed by atoms with Gasteiger partial charge in [-0.25, -0.2) is 4.39 Å². The van der Waals surface area contributed by atoms with E-state index in [0.717, 1.165) is 36.5 Å². The lowest BCUT2D eigenvalue weighted by molar-refractivity contribution is 0.627. The number of unbranched alkanes of at least 4 members (excludes halogenated alkanes) is 1. The normalized spacial score (nSPS) is 12.5. The topological polar surface area (TPSA) is 76.9 Å². The molecule has 2 aromatic rings. The van der Waals surface area contributed by atoms with Crippen molar-refractivity contribution in [3.8, 4) is 6.07 Å². The summed E-state index contributed by atoms with van der Waals surface area (Å²) in [4.78, 5) is 10.7. The first-order chi connectivity index (χ1) is 11.7. The Bertz CT molecular complexity index is 753. The van der Waals surface area contributed by atoms with Crippen LogP contribution in [-0.2, 0) is 6.54 Å². The van der Waals surface area contributed by atoms with Crippen LogP contribution in [0.1, 0.15) is 31.2 Å². The summed E-state index contributed by atoms with van der Waals surface area (Å²) in [7, 11) is 0. The van der Waals surface area contributed by atoms with Gasteiger partial charge in [0.05, 0.1) is 6.67 Å². The van der Waals surface area contributed by atoms with E-state index in [1.165, 1.54) is 12.1 Å². The average Bonchev–Trinajstić information content (AvgIpc) is 3.02. The Morgan fingerprint density at radius 3 is 2.83 bits per heavy atom. The van der Waals surface area contributed by atoms with Crippen LogP contribution in [0.15, 0.2) is 24.3 Å². The van der Waals surface area contributed by atoms with E-state index in [1.807, 2.05) is 6.07 Å². The minimum atomic E-state index is -0.262. The molecule has 1 aromatic heterocycles. The van der Waals surface area contributed by atoms with Gasteiger partial charge in [-0.2, -0.15) is 15.2 Å². The van der Waals surface area contributed by atoms with Crippen LogP contribution < -0.4 is 15.5 Å². The summed E-state index contributed by atoms with van der Waals surface area (Å²) in [5.41, 5.74) is 1.75. The highest BCUT2D eigenvalue weighted by atomic mass is 19.1. The van der Waals surface area contributed by atoms with Gasteiger partial charge in [0.25, 0.3) is 0 Å². The van der Waals surface area contributed by atoms with Crippen LogP contribution in [0.25, 0.3) is 0 Å². The van der Waals surface area contributed by atoms with Crippen molar-refractivity contribution < 1.29 is 4.39 Å². The smallest absolute Gasteiger partial charge is 0.236 e. The zero-order valence-corrected chi connectivity index (χ0v) is 13.5. The zero-order valence-electron chi connectivity index (χ0n) is 13.5. The number of rotatable bonds is 6. The molecule has 0 spiro atoms. The van der Waals surface area contributed by atoms with Gasteiger partial charge in [0.1, 0.15) is 17.6 Å². The fraction of sp³-hybridized carbons (Fsp3) is 0.353. The van der Waals surface area contributed by atoms with Crippen molar-refractivity contribution in [2.75, 3.05) is 28.7 Å². The van der Waals surface area contributed by atoms with Crippen LogP contribution in [0.5, 0.6) is 0 Å². The number of nitrogens with one attached hydrogen (secondary N) is 2. The number of hydrogen-bond donors (Lipinski definition) is 2. The van der Waals surface area contributed by atoms with E-state index < -0.39 is 0 Å². The number of hydrogen-bond acceptors (Lipinski definition) is 6. The second-order valence-electron chi connectivity index (χ2n) is 5.64. The third-order valence-corrected chi connectivity index (χ3v) is 3.89. The molecule has 1 aliphatic heterocycles. The molecule has 0 saturated heterocycles. The first-order valence-electron chi connectivity index (χ1n) is 8.00. The Morgan fingerprint density at radius 1 is 1.33 bits per heavy atom. The van der Waals surface area contributed by atoms with E-state index in [4.69, 9.17) is 0 Å². The highest BCUT2D eigenvalue weighted by Gasteiger charge is 2.25. The minimum Gasteiger partial charge on any atom is -0.364 e. The van der Waals surface area contributed by atoms with Gasteiger partial charge in [-0.15, -0.1) is 0 Å². The summed E-state index contributed by atoms with van der Waals surface area (Å²) in [6, 6.07) is 8.30. The number of benzene rings is 1. The van der Waals surface area contributed by atoms with Gasteiger partial charge in [-0.1, -0.05) is 25.5 Å². The summed E-state index contributed by atoms with van der Waals surface area (Å²) < 4.78 is 13.0. The molecule has 1 aliphatic rings. The molecule has 0 bridgehead atoms. The number of fused-ring (bicyclic) bond motifs is 1. The quantitative estimate of drug-likeness (QED) is 0.849. The van der Waals surface area contributed by atoms with Crippen LogP contribution >= 0.6 is 0 Å². The molecular weight excluding hydrogens is 307 g/mol. The van der Waals surface area contributed by atoms with Gasteiger partial charge >= 0.3 is 0 Å². The Labute approximate surface area is 140 Å². The summed E-state index contributed by atoms with van der Waals surface area (Å²) in [5, 5.41) is 15.7. The average molecular weight is 326 g/mol. The van der Waals surface area contributed by atoms with Crippen molar-refractivity contribution in [1.29, 1.82) is 5.26 Å². The Balaban J connectivity index is 1.81. The molecule has 0 atom stereocenters. The number of anilines is 3. The van der Waals surface area contributed by atoms with E-state index in [1.54, 1.807) is 12.1 Å². The van der Waals surface area contributed by atoms with Crippen LogP contribution in [0.2, 0.25) is 0 Å². The first kappa shape index (κ1) is 16.0. The molecule has 0 fully saturated rings. The maximum atomic E-state index is 13.0. The van der Waals surface area contributed by atoms with Crippen LogP contribution in [0.4, 0.5) is 21.7 Å². The molecule has 0 saturated carbocycles. The van der Waals surface area contributed by atoms with Crippen molar-refractivity contribution >= 4 is 17.3 Å². The molecule has 3 rings (SSSR count). The summed E-state index contributed by atoms with van der Waals surface area (Å²) >= 11 is 0. The molecular formula is C17H19FN6. The molecule has 124 valence electrons. The number of nitrogens with zero attached hydrogens (tertiary/aromatic N) is 4. The monoisotopic (exact) mass is 326 g/mol. The van der Waals surface area contributed by atoms with Gasteiger partial charge in [0.2, 0.25) is 5.82 Å². The van der Waals surface area contributed by atoms with E-state index >= 15 is 0 Å². The van der Waals surface area contributed by atoms with Crippen molar-refractivity contribution in [3.05, 3.63) is 41.5 Å². The van der Waals surface area contributed by atoms with E-state index in [2.05, 4.69) is 32.4 Å². The SMILES string of the molecule is CCCCN1CNc2c(NCc3ccc(F)cc3)nc(C#N)nc21. The maximum Gasteiger partial charge on any atom is 0.236 e. The molecule has 0 aliphatic carbocycles. The highest BCUT2D eigenvalue weighted by Crippen LogP contribution is 2.35. The second kappa shape index (κ2) is 7.13. The minimum absolute atomic E-state index is 0.139. The molecule has 1 aromatic carbocycles. The number of nitriles is 1. The molecule has 6 nitrogen and oxygen atoms in total. The first-order valence-corrected chi connectivity index (χ1v) is 8.00. The zero-order chi connectivity index (χ0) is 16.9. The lowest BCUT2D eigenvalue weighted by atomic mass is 10.2. The van der Waals surface area contributed by atoms with E-state index in [-0.39, 0.29) is 11.6 Å². The third kappa shape index (κ3) is 3.38. The Hall–Kier alpha value is -2.88. The van der Waals surface area contributed by atoms with Crippen LogP contribution in [-0.4, -0.2) is 23.2 Å². The lowest BCUT2D eigenvalue weighted by Crippen LogP contribution is -2.24. The van der Waals surface area contributed by atoms with Crippen LogP contribution in [0, 0.1) is 17.1 Å². The van der Waals surface area contributed by atoms with Crippen LogP contribution in [0.3, 0.4) is 0 Å². The molecule has 7 heteroatoms. The molecule has 2 N–H and O–H groups in total. The molecule has 0 radical (unpaired) electrons. The van der Waals surface area contributed by atoms with Crippen molar-refractivity contribution in [2.24, 2.45) is 0 Å². The van der Waals surface area contributed by atoms with Crippen molar-refractivity contribution in [3.63, 3.8) is 0 Å². The van der Waals surface area contributed by atoms with Gasteiger partial charge < -0.3 is 15.5 Å². The standard InChI is InChI=1S/C17H19FN6/c1-2-3-8-24-11-21-15-16(22-14(9-19)23-17(15)24)20-10-12-4-6-13(18)7-5-12/h4-7,21H,2-3,8,10-11H2,1H3,(H,20,22,23). The number of halogens is 1. The summed E-state index contributed by atoms with van der Waals surface area (Å²) in [5.74, 6) is 1.23. The predicted octanol–water partition coefficient (Wildman–Crippen LogP) is 3.09. The third-order valence-electron chi connectivity index (χ3n) is 3.89. The van der Waals surface area contributed by atoms with E-state index in [0.29, 0.717) is 19.0 Å². The summed E-state index contributed by atoms with van der Waals surface area (Å²) in [6.45, 7) is 4.17. The molecule has 2 heterocycles. The Kier molecular flexibility index (Phi) is 4.75. The molecule has 24 heavy (non-hydrogen) atoms. The predicted molar refractivity (Wildman–Crippen MR) is 91.2 cm³/mol. The molecule has 0 unspecified atom stereocenters. The molecule has 0 amide bonds.